The highest BCUT2D eigenvalue weighted by atomic mass is 16.5. The molecule has 0 aromatic heterocycles. The van der Waals surface area contributed by atoms with Crippen molar-refractivity contribution in [2.45, 2.75) is 51.3 Å². The molecular formula is C14H28N2O3. The van der Waals surface area contributed by atoms with Gasteiger partial charge in [0.15, 0.2) is 0 Å². The molecule has 0 aromatic rings. The van der Waals surface area contributed by atoms with Gasteiger partial charge in [0.05, 0.1) is 19.8 Å². The van der Waals surface area contributed by atoms with Crippen molar-refractivity contribution in [1.29, 1.82) is 0 Å². The van der Waals surface area contributed by atoms with Crippen molar-refractivity contribution in [2.75, 3.05) is 33.9 Å². The van der Waals surface area contributed by atoms with Gasteiger partial charge in [-0.15, -0.1) is 0 Å². The maximum absolute atomic E-state index is 12.0. The first kappa shape index (κ1) is 16.4. The fraction of sp³-hybridized carbons (Fsp3) is 0.929. The van der Waals surface area contributed by atoms with Crippen LogP contribution in [0.3, 0.4) is 0 Å². The molecule has 0 aliphatic heterocycles. The molecule has 5 heteroatoms. The third kappa shape index (κ3) is 5.89. The van der Waals surface area contributed by atoms with Gasteiger partial charge in [-0.05, 0) is 40.7 Å². The molecule has 1 fully saturated rings. The number of likely N-dealkylation sites (N-methyl/N-ethyl adjacent to an activating group) is 1. The fourth-order valence-electron chi connectivity index (χ4n) is 2.14. The van der Waals surface area contributed by atoms with Crippen LogP contribution < -0.4 is 5.32 Å². The summed E-state index contributed by atoms with van der Waals surface area (Å²) in [5.41, 5.74) is -0.636. The van der Waals surface area contributed by atoms with Crippen LogP contribution in [0.4, 0.5) is 0 Å². The molecule has 0 heterocycles. The fourth-order valence-corrected chi connectivity index (χ4v) is 2.14. The number of carbonyl (C=O) groups is 1. The highest BCUT2D eigenvalue weighted by Gasteiger charge is 2.40. The summed E-state index contributed by atoms with van der Waals surface area (Å²) in [6.07, 6.45) is 2.53. The molecule has 0 spiro atoms. The Hall–Kier alpha value is -0.650. The summed E-state index contributed by atoms with van der Waals surface area (Å²) in [6, 6.07) is 0.462. The summed E-state index contributed by atoms with van der Waals surface area (Å²) >= 11 is 0. The number of esters is 1. The Morgan fingerprint density at radius 1 is 1.47 bits per heavy atom. The van der Waals surface area contributed by atoms with E-state index in [0.717, 1.165) is 19.4 Å². The Morgan fingerprint density at radius 2 is 2.11 bits per heavy atom. The average molecular weight is 272 g/mol. The van der Waals surface area contributed by atoms with Crippen molar-refractivity contribution in [2.24, 2.45) is 0 Å². The minimum atomic E-state index is -0.636. The van der Waals surface area contributed by atoms with Crippen molar-refractivity contribution in [3.63, 3.8) is 0 Å². The van der Waals surface area contributed by atoms with Gasteiger partial charge in [-0.1, -0.05) is 0 Å². The number of nitrogens with one attached hydrogen (secondary N) is 1. The molecule has 5 nitrogen and oxygen atoms in total. The van der Waals surface area contributed by atoms with Crippen LogP contribution in [0.15, 0.2) is 0 Å². The Morgan fingerprint density at radius 3 is 2.58 bits per heavy atom. The number of ether oxygens (including phenoxy) is 2. The molecule has 0 radical (unpaired) electrons. The van der Waals surface area contributed by atoms with E-state index in [9.17, 15) is 4.79 Å². The highest BCUT2D eigenvalue weighted by Crippen LogP contribution is 2.23. The quantitative estimate of drug-likeness (QED) is 0.635. The van der Waals surface area contributed by atoms with E-state index in [1.165, 1.54) is 7.11 Å². The molecule has 0 aromatic carbocycles. The molecular weight excluding hydrogens is 244 g/mol. The molecule has 1 N–H and O–H groups in total. The Labute approximate surface area is 116 Å². The lowest BCUT2D eigenvalue weighted by atomic mass is 10.0. The van der Waals surface area contributed by atoms with Crippen molar-refractivity contribution >= 4 is 5.97 Å². The topological polar surface area (TPSA) is 50.8 Å². The van der Waals surface area contributed by atoms with Crippen molar-refractivity contribution in [3.8, 4) is 0 Å². The largest absolute Gasteiger partial charge is 0.468 e. The van der Waals surface area contributed by atoms with Gasteiger partial charge >= 0.3 is 5.97 Å². The standard InChI is InChI=1S/C14H28N2O3/c1-11(2)19-9-8-16(4)10-14(3,13(17)18-5)15-12-6-7-12/h11-12,15H,6-10H2,1-5H3. The summed E-state index contributed by atoms with van der Waals surface area (Å²) in [5, 5.41) is 3.39. The van der Waals surface area contributed by atoms with Gasteiger partial charge in [-0.3, -0.25) is 10.1 Å². The molecule has 19 heavy (non-hydrogen) atoms. The zero-order valence-electron chi connectivity index (χ0n) is 12.9. The van der Waals surface area contributed by atoms with Crippen LogP contribution in [-0.4, -0.2) is 62.4 Å². The van der Waals surface area contributed by atoms with Crippen LogP contribution in [0.5, 0.6) is 0 Å². The third-order valence-electron chi connectivity index (χ3n) is 3.25. The SMILES string of the molecule is COC(=O)C(C)(CN(C)CCOC(C)C)NC1CC1. The Kier molecular flexibility index (Phi) is 6.23. The Bertz CT molecular complexity index is 292. The van der Waals surface area contributed by atoms with Gasteiger partial charge in [0.2, 0.25) is 0 Å². The van der Waals surface area contributed by atoms with Crippen LogP contribution in [0.2, 0.25) is 0 Å². The predicted octanol–water partition coefficient (Wildman–Crippen LogP) is 1.03. The lowest BCUT2D eigenvalue weighted by Gasteiger charge is -2.32. The Balaban J connectivity index is 2.44. The van der Waals surface area contributed by atoms with Gasteiger partial charge < -0.3 is 14.4 Å². The first-order valence-electron chi connectivity index (χ1n) is 7.03. The van der Waals surface area contributed by atoms with E-state index in [4.69, 9.17) is 9.47 Å². The molecule has 1 aliphatic carbocycles. The zero-order chi connectivity index (χ0) is 14.5. The molecule has 0 saturated heterocycles. The van der Waals surface area contributed by atoms with Crippen molar-refractivity contribution in [1.82, 2.24) is 10.2 Å². The van der Waals surface area contributed by atoms with Crippen LogP contribution in [0, 0.1) is 0 Å². The van der Waals surface area contributed by atoms with E-state index in [1.807, 2.05) is 27.8 Å². The first-order valence-corrected chi connectivity index (χ1v) is 7.03. The summed E-state index contributed by atoms with van der Waals surface area (Å²) < 4.78 is 10.5. The highest BCUT2D eigenvalue weighted by molar-refractivity contribution is 5.80. The number of hydrogen-bond donors (Lipinski definition) is 1. The molecule has 1 saturated carbocycles. The normalized spacial score (nSPS) is 18.7. The van der Waals surface area contributed by atoms with Crippen LogP contribution in [0.1, 0.15) is 33.6 Å². The van der Waals surface area contributed by atoms with Crippen molar-refractivity contribution in [3.05, 3.63) is 0 Å². The molecule has 1 aliphatic rings. The van der Waals surface area contributed by atoms with Crippen LogP contribution >= 0.6 is 0 Å². The predicted molar refractivity (Wildman–Crippen MR) is 75.2 cm³/mol. The van der Waals surface area contributed by atoms with Crippen LogP contribution in [0.25, 0.3) is 0 Å². The second-order valence-corrected chi connectivity index (χ2v) is 5.90. The summed E-state index contributed by atoms with van der Waals surface area (Å²) in [6.45, 7) is 8.06. The molecule has 0 bridgehead atoms. The second kappa shape index (κ2) is 7.22. The van der Waals surface area contributed by atoms with Gasteiger partial charge in [0.1, 0.15) is 5.54 Å². The minimum absolute atomic E-state index is 0.198. The average Bonchev–Trinajstić information content (AvgIpc) is 3.10. The van der Waals surface area contributed by atoms with E-state index in [0.29, 0.717) is 19.2 Å². The number of carbonyl (C=O) groups excluding carboxylic acids is 1. The number of hydrogen-bond acceptors (Lipinski definition) is 5. The van der Waals surface area contributed by atoms with E-state index in [-0.39, 0.29) is 12.1 Å². The molecule has 1 atom stereocenters. The minimum Gasteiger partial charge on any atom is -0.468 e. The van der Waals surface area contributed by atoms with E-state index >= 15 is 0 Å². The third-order valence-corrected chi connectivity index (χ3v) is 3.25. The van der Waals surface area contributed by atoms with Crippen molar-refractivity contribution < 1.29 is 14.3 Å². The second-order valence-electron chi connectivity index (χ2n) is 5.90. The number of methoxy groups -OCH3 is 1. The van der Waals surface area contributed by atoms with Gasteiger partial charge in [-0.2, -0.15) is 0 Å². The van der Waals surface area contributed by atoms with E-state index in [2.05, 4.69) is 10.2 Å². The molecule has 112 valence electrons. The maximum Gasteiger partial charge on any atom is 0.327 e. The first-order chi connectivity index (χ1) is 8.87. The molecule has 1 unspecified atom stereocenters. The van der Waals surface area contributed by atoms with Gasteiger partial charge in [0, 0.05) is 19.1 Å². The van der Waals surface area contributed by atoms with Gasteiger partial charge in [0.25, 0.3) is 0 Å². The van der Waals surface area contributed by atoms with E-state index < -0.39 is 5.54 Å². The summed E-state index contributed by atoms with van der Waals surface area (Å²) in [4.78, 5) is 14.1. The van der Waals surface area contributed by atoms with E-state index in [1.54, 1.807) is 0 Å². The smallest absolute Gasteiger partial charge is 0.327 e. The molecule has 1 rings (SSSR count). The number of rotatable bonds is 9. The van der Waals surface area contributed by atoms with Crippen LogP contribution in [-0.2, 0) is 14.3 Å². The summed E-state index contributed by atoms with van der Waals surface area (Å²) in [7, 11) is 3.44. The summed E-state index contributed by atoms with van der Waals surface area (Å²) in [5.74, 6) is -0.198. The molecule has 0 amide bonds. The number of nitrogens with zero attached hydrogens (tertiary/aromatic N) is 1. The zero-order valence-corrected chi connectivity index (χ0v) is 12.9. The lowest BCUT2D eigenvalue weighted by Crippen LogP contribution is -2.57. The maximum atomic E-state index is 12.0. The van der Waals surface area contributed by atoms with Gasteiger partial charge in [-0.25, -0.2) is 0 Å². The monoisotopic (exact) mass is 272 g/mol. The lowest BCUT2D eigenvalue weighted by molar-refractivity contribution is -0.148.